The van der Waals surface area contributed by atoms with E-state index < -0.39 is 5.97 Å². The van der Waals surface area contributed by atoms with Crippen molar-refractivity contribution in [2.45, 2.75) is 25.9 Å². The summed E-state index contributed by atoms with van der Waals surface area (Å²) in [5.41, 5.74) is 3.93. The number of rotatable bonds is 6. The zero-order chi connectivity index (χ0) is 21.0. The second-order valence-corrected chi connectivity index (χ2v) is 7.50. The number of carbonyl (C=O) groups is 2. The summed E-state index contributed by atoms with van der Waals surface area (Å²) >= 11 is 1.30. The van der Waals surface area contributed by atoms with Gasteiger partial charge in [-0.15, -0.1) is 10.2 Å². The number of aromatic nitrogens is 3. The Bertz CT molecular complexity index is 1040. The Morgan fingerprint density at radius 2 is 1.79 bits per heavy atom. The van der Waals surface area contributed by atoms with Crippen molar-refractivity contribution in [3.63, 3.8) is 0 Å². The predicted octanol–water partition coefficient (Wildman–Crippen LogP) is 3.71. The van der Waals surface area contributed by atoms with Crippen LogP contribution >= 0.6 is 11.8 Å². The van der Waals surface area contributed by atoms with Gasteiger partial charge in [-0.3, -0.25) is 9.36 Å². The summed E-state index contributed by atoms with van der Waals surface area (Å²) in [6, 6.07) is 13.1. The lowest BCUT2D eigenvalue weighted by Gasteiger charge is -2.11. The average Bonchev–Trinajstić information content (AvgIpc) is 3.08. The third kappa shape index (κ3) is 4.83. The van der Waals surface area contributed by atoms with Crippen LogP contribution in [0.3, 0.4) is 0 Å². The van der Waals surface area contributed by atoms with Crippen molar-refractivity contribution < 1.29 is 14.3 Å². The topological polar surface area (TPSA) is 86.1 Å². The molecule has 1 heterocycles. The second kappa shape index (κ2) is 8.91. The molecule has 1 N–H and O–H groups in total. The average molecular weight is 410 g/mol. The molecule has 0 atom stereocenters. The quantitative estimate of drug-likeness (QED) is 0.492. The van der Waals surface area contributed by atoms with E-state index in [4.69, 9.17) is 4.74 Å². The molecule has 0 aliphatic carbocycles. The minimum absolute atomic E-state index is 0.159. The molecule has 0 saturated heterocycles. The van der Waals surface area contributed by atoms with Gasteiger partial charge in [-0.2, -0.15) is 0 Å². The molecule has 150 valence electrons. The van der Waals surface area contributed by atoms with E-state index in [0.29, 0.717) is 16.4 Å². The van der Waals surface area contributed by atoms with E-state index >= 15 is 0 Å². The fraction of sp³-hybridized carbons (Fsp3) is 0.238. The smallest absolute Gasteiger partial charge is 0.337 e. The van der Waals surface area contributed by atoms with E-state index in [9.17, 15) is 9.59 Å². The van der Waals surface area contributed by atoms with Crippen molar-refractivity contribution in [3.05, 3.63) is 65.0 Å². The molecule has 7 nitrogen and oxygen atoms in total. The number of esters is 1. The van der Waals surface area contributed by atoms with E-state index in [-0.39, 0.29) is 11.7 Å². The van der Waals surface area contributed by atoms with Crippen LogP contribution in [0, 0.1) is 20.8 Å². The minimum atomic E-state index is -0.448. The summed E-state index contributed by atoms with van der Waals surface area (Å²) in [6.45, 7) is 5.76. The van der Waals surface area contributed by atoms with Crippen LogP contribution < -0.4 is 5.32 Å². The molecule has 29 heavy (non-hydrogen) atoms. The number of carbonyl (C=O) groups excluding carboxylic acids is 2. The third-order valence-corrected chi connectivity index (χ3v) is 5.28. The van der Waals surface area contributed by atoms with E-state index in [1.807, 2.05) is 49.6 Å². The van der Waals surface area contributed by atoms with Gasteiger partial charge in [0, 0.05) is 11.4 Å². The van der Waals surface area contributed by atoms with Crippen molar-refractivity contribution in [3.8, 4) is 5.69 Å². The SMILES string of the molecule is COC(=O)c1ccc(C)c(NC(=O)CSc2nnc(C)n2-c2ccc(C)cc2)c1. The van der Waals surface area contributed by atoms with Crippen LogP contribution in [0.4, 0.5) is 5.69 Å². The van der Waals surface area contributed by atoms with Crippen molar-refractivity contribution in [1.29, 1.82) is 0 Å². The largest absolute Gasteiger partial charge is 0.465 e. The van der Waals surface area contributed by atoms with Gasteiger partial charge in [-0.1, -0.05) is 35.5 Å². The number of thioether (sulfide) groups is 1. The van der Waals surface area contributed by atoms with Gasteiger partial charge in [0.15, 0.2) is 5.16 Å². The Morgan fingerprint density at radius 1 is 1.07 bits per heavy atom. The summed E-state index contributed by atoms with van der Waals surface area (Å²) in [5, 5.41) is 11.8. The van der Waals surface area contributed by atoms with E-state index in [1.54, 1.807) is 18.2 Å². The van der Waals surface area contributed by atoms with Gasteiger partial charge < -0.3 is 10.1 Å². The third-order valence-electron chi connectivity index (χ3n) is 4.35. The molecule has 1 amide bonds. The van der Waals surface area contributed by atoms with Gasteiger partial charge in [0.1, 0.15) is 5.82 Å². The number of nitrogens with zero attached hydrogens (tertiary/aromatic N) is 3. The first-order valence-electron chi connectivity index (χ1n) is 8.99. The van der Waals surface area contributed by atoms with Crippen LogP contribution in [0.25, 0.3) is 5.69 Å². The molecule has 0 spiro atoms. The van der Waals surface area contributed by atoms with Crippen LogP contribution in [0.15, 0.2) is 47.6 Å². The Hall–Kier alpha value is -3.13. The van der Waals surface area contributed by atoms with Crippen LogP contribution in [0.2, 0.25) is 0 Å². The second-order valence-electron chi connectivity index (χ2n) is 6.56. The monoisotopic (exact) mass is 410 g/mol. The number of aryl methyl sites for hydroxylation is 3. The van der Waals surface area contributed by atoms with Gasteiger partial charge in [-0.25, -0.2) is 4.79 Å². The van der Waals surface area contributed by atoms with Crippen molar-refractivity contribution in [2.24, 2.45) is 0 Å². The van der Waals surface area contributed by atoms with Crippen molar-refractivity contribution >= 4 is 29.3 Å². The maximum absolute atomic E-state index is 12.5. The highest BCUT2D eigenvalue weighted by Gasteiger charge is 2.15. The maximum atomic E-state index is 12.5. The Labute approximate surface area is 173 Å². The molecule has 0 aliphatic rings. The lowest BCUT2D eigenvalue weighted by molar-refractivity contribution is -0.113. The van der Waals surface area contributed by atoms with E-state index in [2.05, 4.69) is 15.5 Å². The minimum Gasteiger partial charge on any atom is -0.465 e. The molecule has 1 aromatic heterocycles. The van der Waals surface area contributed by atoms with E-state index in [0.717, 1.165) is 22.6 Å². The molecule has 0 radical (unpaired) electrons. The lowest BCUT2D eigenvalue weighted by Crippen LogP contribution is -2.16. The van der Waals surface area contributed by atoms with Crippen LogP contribution in [-0.4, -0.2) is 39.5 Å². The zero-order valence-corrected chi connectivity index (χ0v) is 17.5. The zero-order valence-electron chi connectivity index (χ0n) is 16.7. The van der Waals surface area contributed by atoms with Gasteiger partial charge >= 0.3 is 5.97 Å². The highest BCUT2D eigenvalue weighted by atomic mass is 32.2. The first kappa shape index (κ1) is 20.6. The Kier molecular flexibility index (Phi) is 6.33. The fourth-order valence-electron chi connectivity index (χ4n) is 2.75. The summed E-state index contributed by atoms with van der Waals surface area (Å²) in [6.07, 6.45) is 0. The van der Waals surface area contributed by atoms with Crippen LogP contribution in [-0.2, 0) is 9.53 Å². The molecule has 0 saturated carbocycles. The van der Waals surface area contributed by atoms with Crippen LogP contribution in [0.1, 0.15) is 27.3 Å². The number of hydrogen-bond donors (Lipinski definition) is 1. The number of hydrogen-bond acceptors (Lipinski definition) is 6. The van der Waals surface area contributed by atoms with Gasteiger partial charge in [0.2, 0.25) is 5.91 Å². The summed E-state index contributed by atoms with van der Waals surface area (Å²) in [5.74, 6) is 0.262. The first-order chi connectivity index (χ1) is 13.9. The summed E-state index contributed by atoms with van der Waals surface area (Å²) < 4.78 is 6.65. The number of methoxy groups -OCH3 is 1. The summed E-state index contributed by atoms with van der Waals surface area (Å²) in [7, 11) is 1.32. The Morgan fingerprint density at radius 3 is 2.48 bits per heavy atom. The molecule has 8 heteroatoms. The standard InChI is InChI=1S/C21H22N4O3S/c1-13-5-9-17(10-6-13)25-15(3)23-24-21(25)29-12-19(26)22-18-11-16(20(27)28-4)8-7-14(18)2/h5-11H,12H2,1-4H3,(H,22,26). The molecule has 0 fully saturated rings. The Balaban J connectivity index is 1.71. The molecule has 0 bridgehead atoms. The lowest BCUT2D eigenvalue weighted by atomic mass is 10.1. The van der Waals surface area contributed by atoms with Crippen LogP contribution in [0.5, 0.6) is 0 Å². The van der Waals surface area contributed by atoms with E-state index in [1.165, 1.54) is 18.9 Å². The van der Waals surface area contributed by atoms with Crippen molar-refractivity contribution in [1.82, 2.24) is 14.8 Å². The molecule has 3 aromatic rings. The molecular formula is C21H22N4O3S. The fourth-order valence-corrected chi connectivity index (χ4v) is 3.54. The van der Waals surface area contributed by atoms with Gasteiger partial charge in [0.25, 0.3) is 0 Å². The predicted molar refractivity (Wildman–Crippen MR) is 113 cm³/mol. The van der Waals surface area contributed by atoms with Crippen molar-refractivity contribution in [2.75, 3.05) is 18.2 Å². The molecular weight excluding hydrogens is 388 g/mol. The number of amides is 1. The molecule has 3 rings (SSSR count). The number of benzene rings is 2. The maximum Gasteiger partial charge on any atom is 0.337 e. The molecule has 2 aromatic carbocycles. The number of ether oxygens (including phenoxy) is 1. The highest BCUT2D eigenvalue weighted by molar-refractivity contribution is 7.99. The number of anilines is 1. The van der Waals surface area contributed by atoms with Gasteiger partial charge in [0.05, 0.1) is 18.4 Å². The summed E-state index contributed by atoms with van der Waals surface area (Å²) in [4.78, 5) is 24.2. The number of nitrogens with one attached hydrogen (secondary N) is 1. The normalized spacial score (nSPS) is 10.6. The molecule has 0 unspecified atom stereocenters. The first-order valence-corrected chi connectivity index (χ1v) is 9.98. The molecule has 0 aliphatic heterocycles. The highest BCUT2D eigenvalue weighted by Crippen LogP contribution is 2.23. The van der Waals surface area contributed by atoms with Gasteiger partial charge in [-0.05, 0) is 50.6 Å².